The topological polar surface area (TPSA) is 49.3 Å². The van der Waals surface area contributed by atoms with Gasteiger partial charge in [0.1, 0.15) is 6.04 Å². The van der Waals surface area contributed by atoms with Crippen LogP contribution in [0.15, 0.2) is 0 Å². The van der Waals surface area contributed by atoms with E-state index in [2.05, 4.69) is 5.32 Å². The van der Waals surface area contributed by atoms with Crippen LogP contribution in [0.25, 0.3) is 0 Å². The fraction of sp³-hybridized carbons (Fsp3) is 0.833. The summed E-state index contributed by atoms with van der Waals surface area (Å²) in [7, 11) is 0. The molecule has 70 valence electrons. The van der Waals surface area contributed by atoms with Crippen molar-refractivity contribution in [2.45, 2.75) is 18.6 Å². The lowest BCUT2D eigenvalue weighted by molar-refractivity contribution is -0.183. The SMILES string of the molecule is O=C(O)[C@@H]1NCC[C@H]1C(F)(F)F. The van der Waals surface area contributed by atoms with Crippen molar-refractivity contribution < 1.29 is 23.1 Å². The number of hydrogen-bond acceptors (Lipinski definition) is 2. The highest BCUT2D eigenvalue weighted by molar-refractivity contribution is 5.74. The number of carboxylic acid groups (broad SMARTS) is 1. The van der Waals surface area contributed by atoms with Crippen LogP contribution in [0.2, 0.25) is 0 Å². The van der Waals surface area contributed by atoms with Crippen LogP contribution in [-0.4, -0.2) is 29.8 Å². The minimum atomic E-state index is -4.41. The van der Waals surface area contributed by atoms with E-state index < -0.39 is 24.1 Å². The quantitative estimate of drug-likeness (QED) is 0.626. The Bertz CT molecular complexity index is 192. The van der Waals surface area contributed by atoms with E-state index in [1.165, 1.54) is 0 Å². The molecule has 0 bridgehead atoms. The smallest absolute Gasteiger partial charge is 0.393 e. The Kier molecular flexibility index (Phi) is 2.27. The molecule has 2 atom stereocenters. The molecular weight excluding hydrogens is 175 g/mol. The van der Waals surface area contributed by atoms with Crippen LogP contribution in [-0.2, 0) is 4.79 Å². The van der Waals surface area contributed by atoms with Gasteiger partial charge < -0.3 is 10.4 Å². The monoisotopic (exact) mass is 183 g/mol. The second kappa shape index (κ2) is 2.93. The Labute approximate surface area is 66.6 Å². The van der Waals surface area contributed by atoms with E-state index in [4.69, 9.17) is 5.11 Å². The molecule has 12 heavy (non-hydrogen) atoms. The van der Waals surface area contributed by atoms with E-state index in [-0.39, 0.29) is 13.0 Å². The van der Waals surface area contributed by atoms with E-state index in [9.17, 15) is 18.0 Å². The molecule has 0 aromatic carbocycles. The molecule has 0 aromatic heterocycles. The molecular formula is C6H8F3NO2. The zero-order valence-corrected chi connectivity index (χ0v) is 6.06. The fourth-order valence-corrected chi connectivity index (χ4v) is 1.32. The maximum absolute atomic E-state index is 12.1. The van der Waals surface area contributed by atoms with E-state index in [0.29, 0.717) is 0 Å². The second-order valence-electron chi connectivity index (χ2n) is 2.71. The summed E-state index contributed by atoms with van der Waals surface area (Å²) in [5.41, 5.74) is 0. The van der Waals surface area contributed by atoms with Gasteiger partial charge in [-0.1, -0.05) is 0 Å². The Morgan fingerprint density at radius 3 is 2.42 bits per heavy atom. The van der Waals surface area contributed by atoms with Gasteiger partial charge in [0.15, 0.2) is 0 Å². The van der Waals surface area contributed by atoms with Crippen molar-refractivity contribution >= 4 is 5.97 Å². The number of rotatable bonds is 1. The van der Waals surface area contributed by atoms with Crippen LogP contribution in [0.4, 0.5) is 13.2 Å². The molecule has 0 radical (unpaired) electrons. The maximum Gasteiger partial charge on any atom is 0.393 e. The lowest BCUT2D eigenvalue weighted by Gasteiger charge is -2.18. The predicted molar refractivity (Wildman–Crippen MR) is 33.6 cm³/mol. The van der Waals surface area contributed by atoms with E-state index in [0.717, 1.165) is 0 Å². The molecule has 1 rings (SSSR count). The normalized spacial score (nSPS) is 30.6. The van der Waals surface area contributed by atoms with Crippen molar-refractivity contribution in [3.8, 4) is 0 Å². The van der Waals surface area contributed by atoms with Crippen molar-refractivity contribution in [1.82, 2.24) is 5.32 Å². The van der Waals surface area contributed by atoms with Gasteiger partial charge in [-0.05, 0) is 13.0 Å². The number of carbonyl (C=O) groups is 1. The van der Waals surface area contributed by atoms with Crippen molar-refractivity contribution in [2.24, 2.45) is 5.92 Å². The highest BCUT2D eigenvalue weighted by atomic mass is 19.4. The first-order valence-electron chi connectivity index (χ1n) is 3.46. The highest BCUT2D eigenvalue weighted by Gasteiger charge is 2.49. The van der Waals surface area contributed by atoms with Gasteiger partial charge in [0.05, 0.1) is 5.92 Å². The molecule has 0 unspecified atom stereocenters. The van der Waals surface area contributed by atoms with Gasteiger partial charge in [-0.15, -0.1) is 0 Å². The predicted octanol–water partition coefficient (Wildman–Crippen LogP) is 0.611. The third kappa shape index (κ3) is 1.69. The van der Waals surface area contributed by atoms with Gasteiger partial charge >= 0.3 is 12.1 Å². The average molecular weight is 183 g/mol. The van der Waals surface area contributed by atoms with Crippen LogP contribution in [0, 0.1) is 5.92 Å². The largest absolute Gasteiger partial charge is 0.480 e. The summed E-state index contributed by atoms with van der Waals surface area (Å²) in [5.74, 6) is -3.18. The van der Waals surface area contributed by atoms with Gasteiger partial charge in [-0.3, -0.25) is 4.79 Å². The summed E-state index contributed by atoms with van der Waals surface area (Å²) >= 11 is 0. The van der Waals surface area contributed by atoms with Crippen molar-refractivity contribution in [3.63, 3.8) is 0 Å². The first-order chi connectivity index (χ1) is 5.43. The molecule has 1 saturated heterocycles. The summed E-state index contributed by atoms with van der Waals surface area (Å²) in [4.78, 5) is 10.3. The molecule has 0 aromatic rings. The van der Waals surface area contributed by atoms with Crippen LogP contribution in [0.5, 0.6) is 0 Å². The van der Waals surface area contributed by atoms with Crippen LogP contribution >= 0.6 is 0 Å². The Morgan fingerprint density at radius 1 is 1.50 bits per heavy atom. The molecule has 6 heteroatoms. The van der Waals surface area contributed by atoms with Crippen molar-refractivity contribution in [2.75, 3.05) is 6.54 Å². The Hall–Kier alpha value is -0.780. The summed E-state index contributed by atoms with van der Waals surface area (Å²) in [6, 6.07) is -1.47. The second-order valence-corrected chi connectivity index (χ2v) is 2.71. The Morgan fingerprint density at radius 2 is 2.08 bits per heavy atom. The lowest BCUT2D eigenvalue weighted by atomic mass is 10.0. The first kappa shape index (κ1) is 9.31. The molecule has 0 saturated carbocycles. The van der Waals surface area contributed by atoms with Gasteiger partial charge in [-0.2, -0.15) is 13.2 Å². The number of hydrogen-bond donors (Lipinski definition) is 2. The van der Waals surface area contributed by atoms with Gasteiger partial charge in [-0.25, -0.2) is 0 Å². The number of carboxylic acids is 1. The first-order valence-corrected chi connectivity index (χ1v) is 3.46. The van der Waals surface area contributed by atoms with Crippen molar-refractivity contribution in [1.29, 1.82) is 0 Å². The Balaban J connectivity index is 2.71. The summed E-state index contributed by atoms with van der Waals surface area (Å²) in [6.45, 7) is 0.112. The van der Waals surface area contributed by atoms with Gasteiger partial charge in [0.25, 0.3) is 0 Å². The molecule has 0 amide bonds. The summed E-state index contributed by atoms with van der Waals surface area (Å²) < 4.78 is 36.2. The molecule has 2 N–H and O–H groups in total. The molecule has 1 fully saturated rings. The highest BCUT2D eigenvalue weighted by Crippen LogP contribution is 2.34. The zero-order chi connectivity index (χ0) is 9.35. The number of alkyl halides is 3. The van der Waals surface area contributed by atoms with Crippen LogP contribution in [0.1, 0.15) is 6.42 Å². The number of aliphatic carboxylic acids is 1. The lowest BCUT2D eigenvalue weighted by Crippen LogP contribution is -2.41. The van der Waals surface area contributed by atoms with E-state index in [1.54, 1.807) is 0 Å². The summed E-state index contributed by atoms with van der Waals surface area (Å²) in [6.07, 6.45) is -4.56. The minimum Gasteiger partial charge on any atom is -0.480 e. The number of nitrogens with one attached hydrogen (secondary N) is 1. The van der Waals surface area contributed by atoms with Crippen LogP contribution < -0.4 is 5.32 Å². The number of halogens is 3. The molecule has 1 aliphatic heterocycles. The maximum atomic E-state index is 12.1. The van der Waals surface area contributed by atoms with E-state index >= 15 is 0 Å². The molecule has 3 nitrogen and oxygen atoms in total. The molecule has 1 aliphatic rings. The average Bonchev–Trinajstić information content (AvgIpc) is 2.30. The van der Waals surface area contributed by atoms with Crippen LogP contribution in [0.3, 0.4) is 0 Å². The summed E-state index contributed by atoms with van der Waals surface area (Å²) in [5, 5.41) is 10.7. The van der Waals surface area contributed by atoms with E-state index in [1.807, 2.05) is 0 Å². The third-order valence-corrected chi connectivity index (χ3v) is 1.91. The minimum absolute atomic E-state index is 0.112. The third-order valence-electron chi connectivity index (χ3n) is 1.91. The van der Waals surface area contributed by atoms with Gasteiger partial charge in [0, 0.05) is 0 Å². The molecule has 1 heterocycles. The fourth-order valence-electron chi connectivity index (χ4n) is 1.32. The molecule has 0 aliphatic carbocycles. The van der Waals surface area contributed by atoms with Gasteiger partial charge in [0.2, 0.25) is 0 Å². The zero-order valence-electron chi connectivity index (χ0n) is 6.06. The van der Waals surface area contributed by atoms with Crippen molar-refractivity contribution in [3.05, 3.63) is 0 Å². The molecule has 0 spiro atoms. The standard InChI is InChI=1S/C6H8F3NO2/c7-6(8,9)3-1-2-10-4(3)5(11)12/h3-4,10H,1-2H2,(H,11,12)/t3-,4-/m1/s1.